The van der Waals surface area contributed by atoms with E-state index in [4.69, 9.17) is 9.47 Å². The Morgan fingerprint density at radius 3 is 2.64 bits per heavy atom. The van der Waals surface area contributed by atoms with Crippen LogP contribution < -0.4 is 10.1 Å². The number of carbonyl (C=O) groups excluding carboxylic acids is 1. The lowest BCUT2D eigenvalue weighted by Crippen LogP contribution is -2.37. The summed E-state index contributed by atoms with van der Waals surface area (Å²) in [5.41, 5.74) is 3.69. The molecule has 4 aromatic carbocycles. The number of nitrogens with one attached hydrogen (secondary N) is 1. The van der Waals surface area contributed by atoms with Gasteiger partial charge in [-0.25, -0.2) is 9.18 Å². The van der Waals surface area contributed by atoms with Gasteiger partial charge in [-0.2, -0.15) is 0 Å². The first-order valence-corrected chi connectivity index (χ1v) is 12.3. The van der Waals surface area contributed by atoms with Gasteiger partial charge in [-0.3, -0.25) is 0 Å². The number of esters is 1. The number of benzene rings is 4. The molecule has 5 heteroatoms. The van der Waals surface area contributed by atoms with Crippen LogP contribution in [0.4, 0.5) is 4.39 Å². The molecule has 0 amide bonds. The van der Waals surface area contributed by atoms with Crippen molar-refractivity contribution in [1.82, 2.24) is 5.32 Å². The third-order valence-corrected chi connectivity index (χ3v) is 7.24. The minimum absolute atomic E-state index is 0.108. The van der Waals surface area contributed by atoms with Crippen LogP contribution in [0.2, 0.25) is 0 Å². The summed E-state index contributed by atoms with van der Waals surface area (Å²) in [5, 5.41) is 6.08. The Balaban J connectivity index is 1.43. The quantitative estimate of drug-likeness (QED) is 0.310. The molecule has 36 heavy (non-hydrogen) atoms. The molecule has 0 saturated heterocycles. The largest absolute Gasteiger partial charge is 0.489 e. The zero-order valence-electron chi connectivity index (χ0n) is 20.8. The molecule has 0 aliphatic carbocycles. The fraction of sp³-hybridized carbons (Fsp3) is 0.258. The molecule has 0 spiro atoms. The van der Waals surface area contributed by atoms with Gasteiger partial charge in [-0.05, 0) is 65.9 Å². The number of hydrogen-bond acceptors (Lipinski definition) is 4. The number of para-hydroxylation sites is 1. The molecule has 1 aliphatic rings. The normalized spacial score (nSPS) is 17.8. The highest BCUT2D eigenvalue weighted by atomic mass is 19.1. The lowest BCUT2D eigenvalue weighted by Gasteiger charge is -2.34. The summed E-state index contributed by atoms with van der Waals surface area (Å²) in [6.07, 6.45) is 0.428. The van der Waals surface area contributed by atoms with E-state index < -0.39 is 5.97 Å². The van der Waals surface area contributed by atoms with Crippen molar-refractivity contribution in [3.05, 3.63) is 112 Å². The molecule has 4 aromatic rings. The second-order valence-corrected chi connectivity index (χ2v) is 9.39. The predicted molar refractivity (Wildman–Crippen MR) is 140 cm³/mol. The molecule has 0 fully saturated rings. The van der Waals surface area contributed by atoms with E-state index in [-0.39, 0.29) is 23.9 Å². The minimum atomic E-state index is -0.462. The molecule has 184 valence electrons. The van der Waals surface area contributed by atoms with E-state index >= 15 is 4.39 Å². The van der Waals surface area contributed by atoms with Crippen molar-refractivity contribution in [2.75, 3.05) is 13.7 Å². The van der Waals surface area contributed by atoms with Crippen LogP contribution >= 0.6 is 0 Å². The second kappa shape index (κ2) is 10.1. The molecule has 5 rings (SSSR count). The van der Waals surface area contributed by atoms with Gasteiger partial charge in [0.1, 0.15) is 17.7 Å². The topological polar surface area (TPSA) is 47.6 Å². The van der Waals surface area contributed by atoms with E-state index in [1.54, 1.807) is 6.92 Å². The summed E-state index contributed by atoms with van der Waals surface area (Å²) in [6, 6.07) is 25.5. The monoisotopic (exact) mass is 483 g/mol. The Bertz CT molecular complexity index is 1410. The molecule has 1 heterocycles. The van der Waals surface area contributed by atoms with Crippen LogP contribution in [-0.2, 0) is 4.74 Å². The van der Waals surface area contributed by atoms with Gasteiger partial charge in [-0.1, -0.05) is 60.7 Å². The van der Waals surface area contributed by atoms with E-state index in [0.717, 1.165) is 11.3 Å². The van der Waals surface area contributed by atoms with Crippen LogP contribution in [0.5, 0.6) is 5.75 Å². The maximum atomic E-state index is 15.3. The van der Waals surface area contributed by atoms with E-state index in [1.165, 1.54) is 35.6 Å². The van der Waals surface area contributed by atoms with Crippen molar-refractivity contribution in [2.45, 2.75) is 38.3 Å². The molecule has 0 bridgehead atoms. The SMILES string of the molecule is COC(=O)c1ccc(F)c([C@@H]2C[C@H](CN[C@H](C)c3cccc4ccccc34)Oc3ccccc32)c1C. The first kappa shape index (κ1) is 24.0. The number of methoxy groups -OCH3 is 1. The summed E-state index contributed by atoms with van der Waals surface area (Å²) < 4.78 is 26.6. The highest BCUT2D eigenvalue weighted by Gasteiger charge is 2.33. The maximum absolute atomic E-state index is 15.3. The van der Waals surface area contributed by atoms with Crippen LogP contribution in [0, 0.1) is 12.7 Å². The molecule has 0 unspecified atom stereocenters. The van der Waals surface area contributed by atoms with Gasteiger partial charge in [0.2, 0.25) is 0 Å². The number of fused-ring (bicyclic) bond motifs is 2. The van der Waals surface area contributed by atoms with Gasteiger partial charge in [-0.15, -0.1) is 0 Å². The smallest absolute Gasteiger partial charge is 0.338 e. The van der Waals surface area contributed by atoms with Crippen LogP contribution in [0.25, 0.3) is 10.8 Å². The Hall–Kier alpha value is -3.70. The molecule has 0 saturated carbocycles. The van der Waals surface area contributed by atoms with E-state index in [0.29, 0.717) is 29.7 Å². The lowest BCUT2D eigenvalue weighted by molar-refractivity contribution is 0.0599. The van der Waals surface area contributed by atoms with Crippen LogP contribution in [-0.4, -0.2) is 25.7 Å². The van der Waals surface area contributed by atoms with E-state index in [9.17, 15) is 4.79 Å². The summed E-state index contributed by atoms with van der Waals surface area (Å²) in [5.74, 6) is -0.270. The van der Waals surface area contributed by atoms with E-state index in [1.807, 2.05) is 30.3 Å². The fourth-order valence-corrected chi connectivity index (χ4v) is 5.39. The average molecular weight is 484 g/mol. The molecule has 3 atom stereocenters. The van der Waals surface area contributed by atoms with Crippen LogP contribution in [0.15, 0.2) is 78.9 Å². The highest BCUT2D eigenvalue weighted by molar-refractivity contribution is 5.91. The van der Waals surface area contributed by atoms with Crippen molar-refractivity contribution in [3.63, 3.8) is 0 Å². The van der Waals surface area contributed by atoms with Gasteiger partial charge in [0.05, 0.1) is 12.7 Å². The van der Waals surface area contributed by atoms with Gasteiger partial charge in [0, 0.05) is 24.1 Å². The molecule has 1 aliphatic heterocycles. The third kappa shape index (κ3) is 4.47. The molecular formula is C31H30FNO3. The summed E-state index contributed by atoms with van der Waals surface area (Å²) in [6.45, 7) is 4.55. The standard InChI is InChI=1S/C31H30FNO3/c1-19-23(31(34)35-3)15-16-28(32)30(19)27-17-22(36-29-14-7-6-12-26(27)29)18-33-20(2)24-13-8-10-21-9-4-5-11-25(21)24/h4-16,20,22,27,33H,17-18H2,1-3H3/t20-,22-,27-/m1/s1. The van der Waals surface area contributed by atoms with Gasteiger partial charge in [0.15, 0.2) is 0 Å². The van der Waals surface area contributed by atoms with Gasteiger partial charge in [0.25, 0.3) is 0 Å². The Morgan fingerprint density at radius 1 is 1.06 bits per heavy atom. The number of hydrogen-bond donors (Lipinski definition) is 1. The van der Waals surface area contributed by atoms with Crippen LogP contribution in [0.3, 0.4) is 0 Å². The van der Waals surface area contributed by atoms with Crippen molar-refractivity contribution in [2.24, 2.45) is 0 Å². The zero-order chi connectivity index (χ0) is 25.2. The summed E-state index contributed by atoms with van der Waals surface area (Å²) >= 11 is 0. The molecule has 0 radical (unpaired) electrons. The average Bonchev–Trinajstić information content (AvgIpc) is 2.91. The third-order valence-electron chi connectivity index (χ3n) is 7.24. The highest BCUT2D eigenvalue weighted by Crippen LogP contribution is 2.43. The first-order valence-electron chi connectivity index (χ1n) is 12.3. The van der Waals surface area contributed by atoms with Crippen molar-refractivity contribution in [3.8, 4) is 5.75 Å². The van der Waals surface area contributed by atoms with E-state index in [2.05, 4.69) is 48.6 Å². The van der Waals surface area contributed by atoms with Gasteiger partial charge < -0.3 is 14.8 Å². The maximum Gasteiger partial charge on any atom is 0.338 e. The summed E-state index contributed by atoms with van der Waals surface area (Å²) in [7, 11) is 1.34. The van der Waals surface area contributed by atoms with Crippen LogP contribution in [0.1, 0.15) is 57.9 Å². The van der Waals surface area contributed by atoms with Crippen molar-refractivity contribution < 1.29 is 18.7 Å². The van der Waals surface area contributed by atoms with Gasteiger partial charge >= 0.3 is 5.97 Å². The Labute approximate surface area is 211 Å². The van der Waals surface area contributed by atoms with Crippen molar-refractivity contribution in [1.29, 1.82) is 0 Å². The minimum Gasteiger partial charge on any atom is -0.489 e. The molecule has 4 nitrogen and oxygen atoms in total. The number of ether oxygens (including phenoxy) is 2. The summed E-state index contributed by atoms with van der Waals surface area (Å²) in [4.78, 5) is 12.3. The number of carbonyl (C=O) groups is 1. The lowest BCUT2D eigenvalue weighted by atomic mass is 9.81. The first-order chi connectivity index (χ1) is 17.5. The Morgan fingerprint density at radius 2 is 1.81 bits per heavy atom. The molecule has 0 aromatic heterocycles. The zero-order valence-corrected chi connectivity index (χ0v) is 20.8. The Kier molecular flexibility index (Phi) is 6.75. The predicted octanol–water partition coefficient (Wildman–Crippen LogP) is 6.71. The molecule has 1 N–H and O–H groups in total. The number of halogens is 1. The molecular weight excluding hydrogens is 453 g/mol. The number of rotatable bonds is 6. The van der Waals surface area contributed by atoms with Crippen molar-refractivity contribution >= 4 is 16.7 Å². The fourth-order valence-electron chi connectivity index (χ4n) is 5.39. The second-order valence-electron chi connectivity index (χ2n) is 9.39.